The predicted octanol–water partition coefficient (Wildman–Crippen LogP) is 5.16. The number of carboxylic acid groups (broad SMARTS) is 1. The summed E-state index contributed by atoms with van der Waals surface area (Å²) in [4.78, 5) is 28.8. The van der Waals surface area contributed by atoms with Gasteiger partial charge in [0, 0.05) is 12.0 Å². The average molecular weight is 432 g/mol. The number of fused-ring (bicyclic) bond motifs is 1. The highest BCUT2D eigenvalue weighted by molar-refractivity contribution is 5.84. The fourth-order valence-electron chi connectivity index (χ4n) is 3.48. The standard InChI is InChI=1S/C23H23F3N2O3/c1-13-10-17-18(12-16(13)14-6-5-7-15(11-14)23(24,25)26)28(9-8-19(29)30)21(31)20(27-17)22(2,3)4/h5-7,10-12H,8-9H2,1-4H3,(H,29,30). The fraction of sp³-hybridized carbons (Fsp3) is 0.348. The van der Waals surface area contributed by atoms with E-state index in [1.54, 1.807) is 25.1 Å². The van der Waals surface area contributed by atoms with Gasteiger partial charge in [-0.25, -0.2) is 4.98 Å². The van der Waals surface area contributed by atoms with Gasteiger partial charge in [0.2, 0.25) is 0 Å². The van der Waals surface area contributed by atoms with E-state index in [9.17, 15) is 22.8 Å². The van der Waals surface area contributed by atoms with E-state index in [2.05, 4.69) is 4.98 Å². The van der Waals surface area contributed by atoms with Gasteiger partial charge in [-0.15, -0.1) is 0 Å². The van der Waals surface area contributed by atoms with Crippen LogP contribution in [0.3, 0.4) is 0 Å². The summed E-state index contributed by atoms with van der Waals surface area (Å²) >= 11 is 0. The van der Waals surface area contributed by atoms with Crippen molar-refractivity contribution >= 4 is 17.0 Å². The number of aromatic nitrogens is 2. The lowest BCUT2D eigenvalue weighted by Crippen LogP contribution is -2.33. The Morgan fingerprint density at radius 2 is 1.81 bits per heavy atom. The smallest absolute Gasteiger partial charge is 0.416 e. The summed E-state index contributed by atoms with van der Waals surface area (Å²) in [6, 6.07) is 8.30. The van der Waals surface area contributed by atoms with Gasteiger partial charge in [-0.1, -0.05) is 32.9 Å². The van der Waals surface area contributed by atoms with E-state index >= 15 is 0 Å². The number of aryl methyl sites for hydroxylation is 2. The second-order valence-electron chi connectivity index (χ2n) is 8.55. The molecule has 1 heterocycles. The zero-order valence-corrected chi connectivity index (χ0v) is 17.7. The minimum Gasteiger partial charge on any atom is -0.481 e. The zero-order valence-electron chi connectivity index (χ0n) is 17.7. The van der Waals surface area contributed by atoms with E-state index in [0.717, 1.165) is 12.1 Å². The maximum atomic E-state index is 13.2. The van der Waals surface area contributed by atoms with Gasteiger partial charge in [-0.05, 0) is 47.9 Å². The van der Waals surface area contributed by atoms with Crippen LogP contribution in [0.15, 0.2) is 41.2 Å². The third kappa shape index (κ3) is 4.62. The number of halogens is 3. The second-order valence-corrected chi connectivity index (χ2v) is 8.55. The van der Waals surface area contributed by atoms with Crippen molar-refractivity contribution in [1.29, 1.82) is 0 Å². The number of alkyl halides is 3. The highest BCUT2D eigenvalue weighted by Gasteiger charge is 2.30. The molecule has 0 amide bonds. The van der Waals surface area contributed by atoms with Gasteiger partial charge in [0.1, 0.15) is 5.69 Å². The van der Waals surface area contributed by atoms with Crippen LogP contribution in [0, 0.1) is 6.92 Å². The van der Waals surface area contributed by atoms with Crippen molar-refractivity contribution in [2.45, 2.75) is 52.3 Å². The Kier molecular flexibility index (Phi) is 5.69. The quantitative estimate of drug-likeness (QED) is 0.618. The number of nitrogens with zero attached hydrogens (tertiary/aromatic N) is 2. The van der Waals surface area contributed by atoms with Gasteiger partial charge in [0.25, 0.3) is 5.56 Å². The highest BCUT2D eigenvalue weighted by Crippen LogP contribution is 2.34. The molecule has 0 saturated heterocycles. The molecule has 0 spiro atoms. The molecule has 0 aliphatic heterocycles. The summed E-state index contributed by atoms with van der Waals surface area (Å²) in [5, 5.41) is 9.11. The molecule has 3 aromatic rings. The van der Waals surface area contributed by atoms with Crippen molar-refractivity contribution in [2.75, 3.05) is 0 Å². The lowest BCUT2D eigenvalue weighted by Gasteiger charge is -2.21. The first-order chi connectivity index (χ1) is 14.3. The Bertz CT molecular complexity index is 1220. The molecule has 1 aromatic heterocycles. The van der Waals surface area contributed by atoms with Crippen LogP contribution in [0.1, 0.15) is 44.0 Å². The topological polar surface area (TPSA) is 72.2 Å². The molecule has 0 saturated carbocycles. The Morgan fingerprint density at radius 1 is 1.13 bits per heavy atom. The molecular formula is C23H23F3N2O3. The molecule has 3 rings (SSSR count). The summed E-state index contributed by atoms with van der Waals surface area (Å²) in [6.07, 6.45) is -4.75. The van der Waals surface area contributed by atoms with Gasteiger partial charge < -0.3 is 9.67 Å². The van der Waals surface area contributed by atoms with Gasteiger partial charge >= 0.3 is 12.1 Å². The summed E-state index contributed by atoms with van der Waals surface area (Å²) in [5.74, 6) is -1.06. The van der Waals surface area contributed by atoms with E-state index < -0.39 is 28.7 Å². The van der Waals surface area contributed by atoms with Crippen LogP contribution < -0.4 is 5.56 Å². The molecule has 0 radical (unpaired) electrons. The van der Waals surface area contributed by atoms with E-state index in [1.165, 1.54) is 10.6 Å². The number of aliphatic carboxylic acids is 1. The molecule has 0 aliphatic carbocycles. The number of carbonyl (C=O) groups is 1. The third-order valence-electron chi connectivity index (χ3n) is 5.05. The summed E-state index contributed by atoms with van der Waals surface area (Å²) in [6.45, 7) is 7.22. The first-order valence-electron chi connectivity index (χ1n) is 9.74. The van der Waals surface area contributed by atoms with Crippen LogP contribution in [0.25, 0.3) is 22.2 Å². The van der Waals surface area contributed by atoms with Gasteiger partial charge in [0.15, 0.2) is 0 Å². The van der Waals surface area contributed by atoms with E-state index in [0.29, 0.717) is 33.4 Å². The van der Waals surface area contributed by atoms with Gasteiger partial charge in [0.05, 0.1) is 23.0 Å². The first-order valence-corrected chi connectivity index (χ1v) is 9.74. The molecule has 2 aromatic carbocycles. The average Bonchev–Trinajstić information content (AvgIpc) is 2.65. The summed E-state index contributed by atoms with van der Waals surface area (Å²) in [5.41, 5.74) is 1.01. The Labute approximate surface area is 177 Å². The Morgan fingerprint density at radius 3 is 2.39 bits per heavy atom. The maximum Gasteiger partial charge on any atom is 0.416 e. The van der Waals surface area contributed by atoms with Crippen molar-refractivity contribution in [3.05, 3.63) is 63.6 Å². The number of benzene rings is 2. The molecule has 5 nitrogen and oxygen atoms in total. The molecule has 0 fully saturated rings. The van der Waals surface area contributed by atoms with Crippen molar-refractivity contribution < 1.29 is 23.1 Å². The second kappa shape index (κ2) is 7.83. The molecule has 164 valence electrons. The highest BCUT2D eigenvalue weighted by atomic mass is 19.4. The number of rotatable bonds is 4. The van der Waals surface area contributed by atoms with Crippen LogP contribution in [-0.4, -0.2) is 20.6 Å². The van der Waals surface area contributed by atoms with E-state index in [4.69, 9.17) is 5.11 Å². The van der Waals surface area contributed by atoms with E-state index in [-0.39, 0.29) is 13.0 Å². The normalized spacial score (nSPS) is 12.4. The van der Waals surface area contributed by atoms with Crippen molar-refractivity contribution in [3.8, 4) is 11.1 Å². The lowest BCUT2D eigenvalue weighted by molar-refractivity contribution is -0.138. The Balaban J connectivity index is 2.30. The monoisotopic (exact) mass is 432 g/mol. The molecule has 1 N–H and O–H groups in total. The molecule has 0 bridgehead atoms. The third-order valence-corrected chi connectivity index (χ3v) is 5.05. The molecule has 8 heteroatoms. The molecular weight excluding hydrogens is 409 g/mol. The molecule has 0 unspecified atom stereocenters. The number of carboxylic acids is 1. The van der Waals surface area contributed by atoms with Crippen LogP contribution in [0.5, 0.6) is 0 Å². The maximum absolute atomic E-state index is 13.2. The largest absolute Gasteiger partial charge is 0.481 e. The Hall–Kier alpha value is -3.16. The fourth-order valence-corrected chi connectivity index (χ4v) is 3.48. The minimum absolute atomic E-state index is 0.0681. The minimum atomic E-state index is -4.48. The molecule has 0 aliphatic rings. The van der Waals surface area contributed by atoms with Crippen LogP contribution >= 0.6 is 0 Å². The SMILES string of the molecule is Cc1cc2nc(C(C)(C)C)c(=O)n(CCC(=O)O)c2cc1-c1cccc(C(F)(F)F)c1. The van der Waals surface area contributed by atoms with Gasteiger partial charge in [-0.3, -0.25) is 9.59 Å². The van der Waals surface area contributed by atoms with Crippen molar-refractivity contribution in [3.63, 3.8) is 0 Å². The van der Waals surface area contributed by atoms with Crippen LogP contribution in [0.2, 0.25) is 0 Å². The van der Waals surface area contributed by atoms with Crippen molar-refractivity contribution in [1.82, 2.24) is 9.55 Å². The zero-order chi connectivity index (χ0) is 23.1. The summed E-state index contributed by atoms with van der Waals surface area (Å²) in [7, 11) is 0. The summed E-state index contributed by atoms with van der Waals surface area (Å²) < 4.78 is 40.9. The first kappa shape index (κ1) is 22.5. The lowest BCUT2D eigenvalue weighted by atomic mass is 9.91. The van der Waals surface area contributed by atoms with Gasteiger partial charge in [-0.2, -0.15) is 13.2 Å². The molecule has 31 heavy (non-hydrogen) atoms. The molecule has 0 atom stereocenters. The predicted molar refractivity (Wildman–Crippen MR) is 112 cm³/mol. The van der Waals surface area contributed by atoms with Crippen LogP contribution in [0.4, 0.5) is 13.2 Å². The van der Waals surface area contributed by atoms with E-state index in [1.807, 2.05) is 20.8 Å². The van der Waals surface area contributed by atoms with Crippen LogP contribution in [-0.2, 0) is 22.9 Å². The number of hydrogen-bond donors (Lipinski definition) is 1. The number of hydrogen-bond acceptors (Lipinski definition) is 3. The van der Waals surface area contributed by atoms with Crippen molar-refractivity contribution in [2.24, 2.45) is 0 Å².